The average Bonchev–Trinajstić information content (AvgIpc) is 3.29. The van der Waals surface area contributed by atoms with Gasteiger partial charge in [0.25, 0.3) is 0 Å². The van der Waals surface area contributed by atoms with Crippen LogP contribution in [0.3, 0.4) is 0 Å². The van der Waals surface area contributed by atoms with Gasteiger partial charge in [-0.05, 0) is 72.8 Å². The Balaban J connectivity index is 0. The number of hydrogen-bond donors (Lipinski definition) is 0. The van der Waals surface area contributed by atoms with Crippen molar-refractivity contribution in [3.05, 3.63) is 224 Å². The van der Waals surface area contributed by atoms with E-state index in [1.165, 1.54) is 0 Å². The number of aromatic nitrogens is 2. The number of para-hydroxylation sites is 4. The largest absolute Gasteiger partial charge is 3.00 e. The quantitative estimate of drug-likeness (QED) is 0.0522. The van der Waals surface area contributed by atoms with Gasteiger partial charge in [0, 0.05) is 0 Å². The van der Waals surface area contributed by atoms with Gasteiger partial charge in [-0.25, -0.2) is 0 Å². The maximum Gasteiger partial charge on any atom is 3.00 e. The summed E-state index contributed by atoms with van der Waals surface area (Å²) in [6.45, 7) is 0.959. The molecule has 2 aromatic heterocycles. The van der Waals surface area contributed by atoms with Crippen molar-refractivity contribution >= 4 is 25.1 Å². The van der Waals surface area contributed by atoms with Crippen molar-refractivity contribution < 1.29 is 103 Å². The van der Waals surface area contributed by atoms with E-state index in [0.29, 0.717) is 45.3 Å². The van der Waals surface area contributed by atoms with Crippen LogP contribution in [0.25, 0.3) is 0 Å². The first-order valence-corrected chi connectivity index (χ1v) is 17.8. The average molecular weight is 1080 g/mol. The standard InChI is InChI=1S/2C21H17NO4.Dy.3NO3.2H2O/c2*23-12-16-6-1-3-10-20(16)25-14-18-8-5-9-19(22-18)15-26-21-11-4-2-7-17(21)13-24;;3*2-1(3)4;;/h2*1-13H,14-15H2;;;;;2*1H2/q;;+3;3*-1;;/p+2. The van der Waals surface area contributed by atoms with Crippen LogP contribution < -0.4 is 18.9 Å². The number of rotatable bonds is 16. The summed E-state index contributed by atoms with van der Waals surface area (Å²) in [5.74, 6) is 2.08. The molecular formula is C42H40DyN5O19+2. The Morgan fingerprint density at radius 3 is 0.716 bits per heavy atom. The second-order valence-electron chi connectivity index (χ2n) is 11.7. The predicted octanol–water partition coefficient (Wildman–Crippen LogP) is 5.17. The second-order valence-corrected chi connectivity index (χ2v) is 11.7. The van der Waals surface area contributed by atoms with Crippen LogP contribution in [-0.4, -0.2) is 50.4 Å². The molecule has 67 heavy (non-hydrogen) atoms. The van der Waals surface area contributed by atoms with E-state index >= 15 is 0 Å². The fourth-order valence-electron chi connectivity index (χ4n) is 4.82. The van der Waals surface area contributed by atoms with E-state index in [9.17, 15) is 19.2 Å². The Bertz CT molecular complexity index is 2130. The Hall–Kier alpha value is -8.15. The topological polar surface area (TPSA) is 396 Å². The summed E-state index contributed by atoms with van der Waals surface area (Å²) in [7, 11) is 0. The van der Waals surface area contributed by atoms with Gasteiger partial charge >= 0.3 is 38.2 Å². The van der Waals surface area contributed by atoms with E-state index in [1.807, 2.05) is 60.7 Å². The smallest absolute Gasteiger partial charge is 0.487 e. The normalized spacial score (nSPS) is 8.96. The van der Waals surface area contributed by atoms with Gasteiger partial charge in [-0.3, -0.25) is 29.1 Å². The molecular weight excluding hydrogens is 1040 g/mol. The molecule has 0 aliphatic heterocycles. The predicted molar refractivity (Wildman–Crippen MR) is 234 cm³/mol. The number of aldehydes is 4. The van der Waals surface area contributed by atoms with Gasteiger partial charge in [0.1, 0.15) is 49.4 Å². The number of ether oxygens (including phenoxy) is 4. The minimum atomic E-state index is -1.75. The molecule has 4 aromatic carbocycles. The number of carbonyl (C=O) groups excluding carboxylic acids is 4. The second kappa shape index (κ2) is 35.2. The summed E-state index contributed by atoms with van der Waals surface area (Å²) in [6, 6.07) is 39.2. The monoisotopic (exact) mass is 1080 g/mol. The Kier molecular flexibility index (Phi) is 32.0. The van der Waals surface area contributed by atoms with E-state index in [4.69, 9.17) is 64.9 Å². The Morgan fingerprint density at radius 1 is 0.358 bits per heavy atom. The molecule has 6 N–H and O–H groups in total. The zero-order chi connectivity index (χ0) is 47.1. The van der Waals surface area contributed by atoms with Crippen molar-refractivity contribution in [1.29, 1.82) is 0 Å². The molecule has 24 nitrogen and oxygen atoms in total. The summed E-state index contributed by atoms with van der Waals surface area (Å²) in [4.78, 5) is 77.8. The van der Waals surface area contributed by atoms with Gasteiger partial charge in [-0.1, -0.05) is 60.7 Å². The van der Waals surface area contributed by atoms with Crippen molar-refractivity contribution in [2.75, 3.05) is 0 Å². The minimum Gasteiger partial charge on any atom is -0.487 e. The van der Waals surface area contributed by atoms with Crippen molar-refractivity contribution in [2.24, 2.45) is 0 Å². The summed E-state index contributed by atoms with van der Waals surface area (Å²) < 4.78 is 22.7. The zero-order valence-corrected chi connectivity index (χ0v) is 36.5. The number of benzene rings is 4. The van der Waals surface area contributed by atoms with Gasteiger partial charge in [-0.15, -0.1) is 0 Å². The van der Waals surface area contributed by atoms with E-state index in [2.05, 4.69) is 9.97 Å². The van der Waals surface area contributed by atoms with Gasteiger partial charge in [-0.2, -0.15) is 0 Å². The van der Waals surface area contributed by atoms with E-state index in [1.54, 1.807) is 72.8 Å². The first-order chi connectivity index (χ1) is 30.8. The molecule has 2 heterocycles. The number of nitrogens with zero attached hydrogens (tertiary/aromatic N) is 5. The molecule has 6 aromatic rings. The number of carbonyl (C=O) groups is 4. The van der Waals surface area contributed by atoms with Crippen molar-refractivity contribution in [3.8, 4) is 23.0 Å². The number of hydrogen-bond acceptors (Lipinski definition) is 19. The molecule has 0 saturated carbocycles. The SMILES string of the molecule is O=Cc1ccccc1OCc1cccc(COc2ccccc2C=O)n1.O=Cc1ccccc1OCc1cccc(COc2ccccc2C=O)n1.O=[N+]([O-])[O-].O=[N+]([O-])[O-].O=[N+]([O-])[O-].[Dy+3].[OH3+].[OH3+]. The van der Waals surface area contributed by atoms with Crippen molar-refractivity contribution in [2.45, 2.75) is 26.4 Å². The van der Waals surface area contributed by atoms with Crippen LogP contribution >= 0.6 is 0 Å². The third-order valence-corrected chi connectivity index (χ3v) is 7.42. The zero-order valence-electron chi connectivity index (χ0n) is 34.5. The van der Waals surface area contributed by atoms with Crippen molar-refractivity contribution in [1.82, 2.24) is 9.97 Å². The van der Waals surface area contributed by atoms with Crippen molar-refractivity contribution in [3.63, 3.8) is 0 Å². The summed E-state index contributed by atoms with van der Waals surface area (Å²) in [5, 5.41) is 44.2. The fraction of sp³-hybridized carbons (Fsp3) is 0.0952. The Labute approximate surface area is 409 Å². The van der Waals surface area contributed by atoms with Crippen LogP contribution in [0.15, 0.2) is 133 Å². The number of pyridine rings is 2. The molecule has 0 aliphatic rings. The summed E-state index contributed by atoms with van der Waals surface area (Å²) in [6.07, 6.45) is 3.05. The van der Waals surface area contributed by atoms with Gasteiger partial charge in [0.2, 0.25) is 0 Å². The van der Waals surface area contributed by atoms with Crippen LogP contribution in [0.1, 0.15) is 64.2 Å². The Morgan fingerprint density at radius 2 is 0.537 bits per heavy atom. The molecule has 6 rings (SSSR count). The third-order valence-electron chi connectivity index (χ3n) is 7.42. The molecule has 1 radical (unpaired) electrons. The molecule has 0 aliphatic carbocycles. The van der Waals surface area contributed by atoms with Crippen LogP contribution in [0.5, 0.6) is 23.0 Å². The van der Waals surface area contributed by atoms with E-state index < -0.39 is 15.3 Å². The molecule has 0 unspecified atom stereocenters. The van der Waals surface area contributed by atoms with Gasteiger partial charge in [0.15, 0.2) is 25.1 Å². The molecule has 0 saturated heterocycles. The maximum absolute atomic E-state index is 11.0. The minimum absolute atomic E-state index is 0. The van der Waals surface area contributed by atoms with Crippen LogP contribution in [0.2, 0.25) is 0 Å². The maximum atomic E-state index is 11.0. The molecule has 0 bridgehead atoms. The van der Waals surface area contributed by atoms with Crippen LogP contribution in [0.4, 0.5) is 0 Å². The molecule has 0 atom stereocenters. The first-order valence-electron chi connectivity index (χ1n) is 17.8. The van der Waals surface area contributed by atoms with E-state index in [-0.39, 0.29) is 75.6 Å². The molecule has 0 amide bonds. The molecule has 0 fully saturated rings. The van der Waals surface area contributed by atoms with Crippen LogP contribution in [0, 0.1) is 84.1 Å². The fourth-order valence-corrected chi connectivity index (χ4v) is 4.82. The first kappa shape index (κ1) is 60.9. The van der Waals surface area contributed by atoms with Crippen LogP contribution in [-0.2, 0) is 37.4 Å². The molecule has 355 valence electrons. The van der Waals surface area contributed by atoms with E-state index in [0.717, 1.165) is 47.9 Å². The summed E-state index contributed by atoms with van der Waals surface area (Å²) >= 11 is 0. The molecule has 0 spiro atoms. The third kappa shape index (κ3) is 25.7. The summed E-state index contributed by atoms with van der Waals surface area (Å²) in [5.41, 5.74) is 4.86. The molecule has 25 heteroatoms. The van der Waals surface area contributed by atoms with Gasteiger partial charge in [0.05, 0.1) is 60.3 Å². The van der Waals surface area contributed by atoms with Gasteiger partial charge < -0.3 is 75.9 Å².